The molecular formula is C26H24FN5O. The number of anilines is 4. The largest absolute Gasteiger partial charge is 0.369 e. The molecule has 2 heterocycles. The highest BCUT2D eigenvalue weighted by Gasteiger charge is 2.12. The maximum absolute atomic E-state index is 13.7. The number of aromatic nitrogens is 1. The Balaban J connectivity index is 1.30. The summed E-state index contributed by atoms with van der Waals surface area (Å²) in [5.41, 5.74) is 4.57. The molecule has 1 aliphatic rings. The SMILES string of the molecule is O=C(Nc1ccc(N2CCNCC2)cc1)c1cccc(Nc2ccnc3ccc(F)cc23)c1. The van der Waals surface area contributed by atoms with Crippen molar-refractivity contribution in [3.63, 3.8) is 0 Å². The van der Waals surface area contributed by atoms with Crippen molar-refractivity contribution in [2.75, 3.05) is 41.7 Å². The lowest BCUT2D eigenvalue weighted by molar-refractivity contribution is 0.102. The maximum atomic E-state index is 13.7. The summed E-state index contributed by atoms with van der Waals surface area (Å²) in [4.78, 5) is 19.4. The molecule has 0 unspecified atom stereocenters. The van der Waals surface area contributed by atoms with E-state index in [1.807, 2.05) is 36.4 Å². The van der Waals surface area contributed by atoms with Gasteiger partial charge in [0.25, 0.3) is 5.91 Å². The van der Waals surface area contributed by atoms with Crippen LogP contribution < -0.4 is 20.9 Å². The van der Waals surface area contributed by atoms with E-state index >= 15 is 0 Å². The maximum Gasteiger partial charge on any atom is 0.255 e. The number of hydrogen-bond acceptors (Lipinski definition) is 5. The van der Waals surface area contributed by atoms with E-state index in [1.54, 1.807) is 30.5 Å². The van der Waals surface area contributed by atoms with Crippen molar-refractivity contribution in [2.45, 2.75) is 0 Å². The molecule has 0 atom stereocenters. The van der Waals surface area contributed by atoms with Gasteiger partial charge in [-0.05, 0) is 66.7 Å². The van der Waals surface area contributed by atoms with Crippen LogP contribution in [0.2, 0.25) is 0 Å². The second-order valence-electron chi connectivity index (χ2n) is 7.96. The van der Waals surface area contributed by atoms with E-state index in [2.05, 4.69) is 25.8 Å². The lowest BCUT2D eigenvalue weighted by atomic mass is 10.1. The molecule has 0 bridgehead atoms. The van der Waals surface area contributed by atoms with Crippen LogP contribution in [0, 0.1) is 5.82 Å². The van der Waals surface area contributed by atoms with Crippen molar-refractivity contribution in [2.24, 2.45) is 0 Å². The predicted molar refractivity (Wildman–Crippen MR) is 131 cm³/mol. The third kappa shape index (κ3) is 4.78. The van der Waals surface area contributed by atoms with Crippen molar-refractivity contribution in [1.82, 2.24) is 10.3 Å². The fraction of sp³-hybridized carbons (Fsp3) is 0.154. The van der Waals surface area contributed by atoms with E-state index in [-0.39, 0.29) is 11.7 Å². The van der Waals surface area contributed by atoms with Crippen LogP contribution in [0.15, 0.2) is 79.0 Å². The first kappa shape index (κ1) is 20.9. The number of nitrogens with zero attached hydrogens (tertiary/aromatic N) is 2. The number of rotatable bonds is 5. The van der Waals surface area contributed by atoms with Crippen LogP contribution in [0.1, 0.15) is 10.4 Å². The highest BCUT2D eigenvalue weighted by Crippen LogP contribution is 2.26. The molecule has 0 aliphatic carbocycles. The van der Waals surface area contributed by atoms with Gasteiger partial charge in [0.05, 0.1) is 5.52 Å². The van der Waals surface area contributed by atoms with Crippen LogP contribution in [0.5, 0.6) is 0 Å². The zero-order chi connectivity index (χ0) is 22.6. The van der Waals surface area contributed by atoms with E-state index in [9.17, 15) is 9.18 Å². The Labute approximate surface area is 191 Å². The molecule has 5 rings (SSSR count). The molecule has 0 radical (unpaired) electrons. The van der Waals surface area contributed by atoms with Gasteiger partial charge in [-0.3, -0.25) is 9.78 Å². The van der Waals surface area contributed by atoms with E-state index < -0.39 is 0 Å². The van der Waals surface area contributed by atoms with Gasteiger partial charge >= 0.3 is 0 Å². The quantitative estimate of drug-likeness (QED) is 0.416. The molecule has 166 valence electrons. The first-order chi connectivity index (χ1) is 16.2. The lowest BCUT2D eigenvalue weighted by Crippen LogP contribution is -2.43. The molecule has 7 heteroatoms. The van der Waals surface area contributed by atoms with Crippen LogP contribution in [0.4, 0.5) is 27.1 Å². The van der Waals surface area contributed by atoms with Gasteiger partial charge in [0.2, 0.25) is 0 Å². The van der Waals surface area contributed by atoms with Crippen molar-refractivity contribution in [1.29, 1.82) is 0 Å². The minimum atomic E-state index is -0.324. The van der Waals surface area contributed by atoms with Gasteiger partial charge < -0.3 is 20.9 Å². The summed E-state index contributed by atoms with van der Waals surface area (Å²) in [5.74, 6) is -0.520. The topological polar surface area (TPSA) is 69.3 Å². The highest BCUT2D eigenvalue weighted by molar-refractivity contribution is 6.05. The fourth-order valence-electron chi connectivity index (χ4n) is 4.00. The second kappa shape index (κ2) is 9.26. The molecule has 1 amide bonds. The van der Waals surface area contributed by atoms with Gasteiger partial charge in [0.15, 0.2) is 0 Å². The van der Waals surface area contributed by atoms with Crippen molar-refractivity contribution >= 4 is 39.6 Å². The normalized spacial score (nSPS) is 13.7. The Kier molecular flexibility index (Phi) is 5.87. The lowest BCUT2D eigenvalue weighted by Gasteiger charge is -2.29. The second-order valence-corrected chi connectivity index (χ2v) is 7.96. The van der Waals surface area contributed by atoms with Gasteiger partial charge in [-0.2, -0.15) is 0 Å². The van der Waals surface area contributed by atoms with Gasteiger partial charge in [-0.25, -0.2) is 4.39 Å². The number of carbonyl (C=O) groups excluding carboxylic acids is 1. The third-order valence-corrected chi connectivity index (χ3v) is 5.71. The number of pyridine rings is 1. The minimum Gasteiger partial charge on any atom is -0.369 e. The van der Waals surface area contributed by atoms with Crippen molar-refractivity contribution in [3.05, 3.63) is 90.4 Å². The molecular weight excluding hydrogens is 417 g/mol. The van der Waals surface area contributed by atoms with E-state index in [0.717, 1.165) is 48.9 Å². The Morgan fingerprint density at radius 2 is 1.76 bits per heavy atom. The van der Waals surface area contributed by atoms with Crippen LogP contribution >= 0.6 is 0 Å². The average Bonchev–Trinajstić information content (AvgIpc) is 2.86. The molecule has 33 heavy (non-hydrogen) atoms. The standard InChI is InChI=1S/C26H24FN5O/c27-19-4-9-24-23(17-19)25(10-11-29-24)30-21-3-1-2-18(16-21)26(33)31-20-5-7-22(8-6-20)32-14-12-28-13-15-32/h1-11,16-17,28H,12-15H2,(H,29,30)(H,31,33). The Morgan fingerprint density at radius 3 is 2.58 bits per heavy atom. The van der Waals surface area contributed by atoms with E-state index in [0.29, 0.717) is 16.5 Å². The van der Waals surface area contributed by atoms with Crippen LogP contribution in [0.3, 0.4) is 0 Å². The molecule has 1 saturated heterocycles. The monoisotopic (exact) mass is 441 g/mol. The van der Waals surface area contributed by atoms with Crippen LogP contribution in [-0.2, 0) is 0 Å². The summed E-state index contributed by atoms with van der Waals surface area (Å²) in [6.45, 7) is 3.91. The molecule has 6 nitrogen and oxygen atoms in total. The summed E-state index contributed by atoms with van der Waals surface area (Å²) in [6.07, 6.45) is 1.67. The summed E-state index contributed by atoms with van der Waals surface area (Å²) < 4.78 is 13.7. The number of halogens is 1. The number of fused-ring (bicyclic) bond motifs is 1. The first-order valence-electron chi connectivity index (χ1n) is 10.9. The zero-order valence-corrected chi connectivity index (χ0v) is 18.0. The molecule has 4 aromatic rings. The number of hydrogen-bond donors (Lipinski definition) is 3. The zero-order valence-electron chi connectivity index (χ0n) is 18.0. The molecule has 0 saturated carbocycles. The fourth-order valence-corrected chi connectivity index (χ4v) is 4.00. The van der Waals surface area contributed by atoms with Crippen molar-refractivity contribution in [3.8, 4) is 0 Å². The number of carbonyl (C=O) groups is 1. The molecule has 1 aliphatic heterocycles. The van der Waals surface area contributed by atoms with Gasteiger partial charge in [-0.15, -0.1) is 0 Å². The van der Waals surface area contributed by atoms with E-state index in [1.165, 1.54) is 12.1 Å². The van der Waals surface area contributed by atoms with Crippen molar-refractivity contribution < 1.29 is 9.18 Å². The van der Waals surface area contributed by atoms with Gasteiger partial charge in [0, 0.05) is 66.1 Å². The molecule has 3 N–H and O–H groups in total. The molecule has 3 aromatic carbocycles. The Bertz CT molecular complexity index is 1290. The van der Waals surface area contributed by atoms with Gasteiger partial charge in [0.1, 0.15) is 5.82 Å². The Morgan fingerprint density at radius 1 is 0.939 bits per heavy atom. The van der Waals surface area contributed by atoms with E-state index in [4.69, 9.17) is 0 Å². The smallest absolute Gasteiger partial charge is 0.255 e. The Hall–Kier alpha value is -3.97. The predicted octanol–water partition coefficient (Wildman–Crippen LogP) is 4.78. The molecule has 0 spiro atoms. The molecule has 1 aromatic heterocycles. The summed E-state index contributed by atoms with van der Waals surface area (Å²) >= 11 is 0. The number of nitrogens with one attached hydrogen (secondary N) is 3. The number of piperazine rings is 1. The number of amides is 1. The summed E-state index contributed by atoms with van der Waals surface area (Å²) in [6, 6.07) is 21.4. The molecule has 1 fully saturated rings. The number of benzene rings is 3. The highest BCUT2D eigenvalue weighted by atomic mass is 19.1. The average molecular weight is 442 g/mol. The third-order valence-electron chi connectivity index (χ3n) is 5.71. The van der Waals surface area contributed by atoms with Crippen LogP contribution in [0.25, 0.3) is 10.9 Å². The first-order valence-corrected chi connectivity index (χ1v) is 10.9. The summed E-state index contributed by atoms with van der Waals surface area (Å²) in [5, 5.41) is 10.3. The summed E-state index contributed by atoms with van der Waals surface area (Å²) in [7, 11) is 0. The minimum absolute atomic E-state index is 0.195. The van der Waals surface area contributed by atoms with Crippen LogP contribution in [-0.4, -0.2) is 37.1 Å². The van der Waals surface area contributed by atoms with Gasteiger partial charge in [-0.1, -0.05) is 6.07 Å².